The molecule has 1 fully saturated rings. The number of carboxylic acid groups (broad SMARTS) is 1. The third-order valence-electron chi connectivity index (χ3n) is 2.75. The van der Waals surface area contributed by atoms with Gasteiger partial charge in [0.15, 0.2) is 0 Å². The number of carboxylic acids is 1. The quantitative estimate of drug-likeness (QED) is 0.574. The molecule has 1 aliphatic rings. The number of aliphatic hydroxyl groups is 1. The Morgan fingerprint density at radius 1 is 1.29 bits per heavy atom. The zero-order chi connectivity index (χ0) is 10.4. The molecule has 1 saturated carbocycles. The van der Waals surface area contributed by atoms with Crippen LogP contribution in [0, 0.1) is 0 Å². The van der Waals surface area contributed by atoms with Crippen LogP contribution >= 0.6 is 0 Å². The zero-order valence-corrected chi connectivity index (χ0v) is 8.46. The van der Waals surface area contributed by atoms with Crippen LogP contribution < -0.4 is 5.32 Å². The van der Waals surface area contributed by atoms with Gasteiger partial charge in [-0.3, -0.25) is 4.79 Å². The minimum atomic E-state index is -0.798. The van der Waals surface area contributed by atoms with Crippen LogP contribution in [0.15, 0.2) is 0 Å². The first-order chi connectivity index (χ1) is 6.62. The highest BCUT2D eigenvalue weighted by Gasteiger charge is 2.28. The van der Waals surface area contributed by atoms with Crippen molar-refractivity contribution in [1.29, 1.82) is 0 Å². The lowest BCUT2D eigenvalue weighted by molar-refractivity contribution is -0.136. The van der Waals surface area contributed by atoms with E-state index in [1.165, 1.54) is 6.42 Å². The van der Waals surface area contributed by atoms with Crippen molar-refractivity contribution < 1.29 is 15.0 Å². The van der Waals surface area contributed by atoms with Gasteiger partial charge in [0.1, 0.15) is 0 Å². The van der Waals surface area contributed by atoms with Crippen molar-refractivity contribution >= 4 is 5.97 Å². The van der Waals surface area contributed by atoms with E-state index in [2.05, 4.69) is 5.32 Å². The normalized spacial score (nSPS) is 20.6. The summed E-state index contributed by atoms with van der Waals surface area (Å²) in [4.78, 5) is 10.2. The Kier molecular flexibility index (Phi) is 4.35. The molecule has 1 rings (SSSR count). The van der Waals surface area contributed by atoms with E-state index < -0.39 is 11.6 Å². The van der Waals surface area contributed by atoms with Gasteiger partial charge in [-0.2, -0.15) is 0 Å². The molecular formula is C10H19NO3. The Morgan fingerprint density at radius 2 is 1.93 bits per heavy atom. The molecule has 0 bridgehead atoms. The standard InChI is InChI=1S/C10H19NO3/c12-9(13)4-7-11-8-10(14)5-2-1-3-6-10/h11,14H,1-8H2,(H,12,13). The number of carbonyl (C=O) groups is 1. The highest BCUT2D eigenvalue weighted by molar-refractivity contribution is 5.66. The third-order valence-corrected chi connectivity index (χ3v) is 2.75. The Balaban J connectivity index is 2.12. The van der Waals surface area contributed by atoms with Crippen LogP contribution in [-0.4, -0.2) is 34.9 Å². The summed E-state index contributed by atoms with van der Waals surface area (Å²) in [5, 5.41) is 21.4. The molecule has 0 unspecified atom stereocenters. The number of hydrogen-bond acceptors (Lipinski definition) is 3. The van der Waals surface area contributed by atoms with Crippen LogP contribution in [0.4, 0.5) is 0 Å². The second-order valence-corrected chi connectivity index (χ2v) is 4.11. The van der Waals surface area contributed by atoms with Gasteiger partial charge in [0, 0.05) is 13.1 Å². The molecule has 0 amide bonds. The first kappa shape index (κ1) is 11.5. The largest absolute Gasteiger partial charge is 0.481 e. The van der Waals surface area contributed by atoms with Crippen LogP contribution in [0.2, 0.25) is 0 Å². The van der Waals surface area contributed by atoms with Gasteiger partial charge in [-0.25, -0.2) is 0 Å². The summed E-state index contributed by atoms with van der Waals surface area (Å²) in [5.41, 5.74) is -0.587. The third kappa shape index (κ3) is 4.07. The molecule has 0 heterocycles. The van der Waals surface area contributed by atoms with Gasteiger partial charge >= 0.3 is 5.97 Å². The van der Waals surface area contributed by atoms with Gasteiger partial charge in [0.2, 0.25) is 0 Å². The number of nitrogens with one attached hydrogen (secondary N) is 1. The molecule has 14 heavy (non-hydrogen) atoms. The van der Waals surface area contributed by atoms with Crippen molar-refractivity contribution in [2.75, 3.05) is 13.1 Å². The van der Waals surface area contributed by atoms with Crippen molar-refractivity contribution in [3.05, 3.63) is 0 Å². The Hall–Kier alpha value is -0.610. The average Bonchev–Trinajstić information content (AvgIpc) is 2.14. The lowest BCUT2D eigenvalue weighted by Crippen LogP contribution is -2.42. The Labute approximate surface area is 84.3 Å². The van der Waals surface area contributed by atoms with E-state index in [4.69, 9.17) is 5.11 Å². The summed E-state index contributed by atoms with van der Waals surface area (Å²) >= 11 is 0. The monoisotopic (exact) mass is 201 g/mol. The van der Waals surface area contributed by atoms with Gasteiger partial charge in [-0.1, -0.05) is 19.3 Å². The maximum Gasteiger partial charge on any atom is 0.304 e. The van der Waals surface area contributed by atoms with E-state index in [0.29, 0.717) is 13.1 Å². The van der Waals surface area contributed by atoms with Crippen molar-refractivity contribution in [3.63, 3.8) is 0 Å². The second kappa shape index (κ2) is 5.32. The molecule has 3 N–H and O–H groups in total. The molecule has 0 saturated heterocycles. The minimum Gasteiger partial charge on any atom is -0.481 e. The van der Waals surface area contributed by atoms with E-state index in [9.17, 15) is 9.90 Å². The number of aliphatic carboxylic acids is 1. The highest BCUT2D eigenvalue weighted by atomic mass is 16.4. The highest BCUT2D eigenvalue weighted by Crippen LogP contribution is 2.27. The molecule has 0 spiro atoms. The van der Waals surface area contributed by atoms with Crippen molar-refractivity contribution in [2.24, 2.45) is 0 Å². The predicted octanol–water partition coefficient (Wildman–Crippen LogP) is 0.746. The van der Waals surface area contributed by atoms with E-state index in [0.717, 1.165) is 25.7 Å². The number of rotatable bonds is 5. The van der Waals surface area contributed by atoms with E-state index in [1.54, 1.807) is 0 Å². The molecule has 0 aromatic rings. The average molecular weight is 201 g/mol. The predicted molar refractivity (Wildman–Crippen MR) is 53.2 cm³/mol. The van der Waals surface area contributed by atoms with Crippen LogP contribution in [0.1, 0.15) is 38.5 Å². The fourth-order valence-corrected chi connectivity index (χ4v) is 1.90. The SMILES string of the molecule is O=C(O)CCNCC1(O)CCCCC1. The van der Waals surface area contributed by atoms with Gasteiger partial charge in [-0.05, 0) is 12.8 Å². The maximum absolute atomic E-state index is 10.2. The van der Waals surface area contributed by atoms with Gasteiger partial charge in [-0.15, -0.1) is 0 Å². The molecule has 4 nitrogen and oxygen atoms in total. The molecule has 0 aromatic carbocycles. The molecule has 0 aliphatic heterocycles. The molecule has 82 valence electrons. The first-order valence-electron chi connectivity index (χ1n) is 5.27. The van der Waals surface area contributed by atoms with E-state index in [-0.39, 0.29) is 6.42 Å². The Morgan fingerprint density at radius 3 is 2.50 bits per heavy atom. The van der Waals surface area contributed by atoms with Gasteiger partial charge < -0.3 is 15.5 Å². The summed E-state index contributed by atoms with van der Waals surface area (Å²) in [5.74, 6) is -0.798. The molecule has 0 atom stereocenters. The smallest absolute Gasteiger partial charge is 0.304 e. The van der Waals surface area contributed by atoms with Crippen LogP contribution in [0.5, 0.6) is 0 Å². The minimum absolute atomic E-state index is 0.121. The topological polar surface area (TPSA) is 69.6 Å². The Bertz CT molecular complexity index is 188. The summed E-state index contributed by atoms with van der Waals surface area (Å²) < 4.78 is 0. The molecule has 1 aliphatic carbocycles. The first-order valence-corrected chi connectivity index (χ1v) is 5.27. The summed E-state index contributed by atoms with van der Waals surface area (Å²) in [6, 6.07) is 0. The van der Waals surface area contributed by atoms with Crippen molar-refractivity contribution in [2.45, 2.75) is 44.1 Å². The van der Waals surface area contributed by atoms with Crippen LogP contribution in [0.25, 0.3) is 0 Å². The second-order valence-electron chi connectivity index (χ2n) is 4.11. The maximum atomic E-state index is 10.2. The van der Waals surface area contributed by atoms with Gasteiger partial charge in [0.05, 0.1) is 12.0 Å². The summed E-state index contributed by atoms with van der Waals surface area (Å²) in [7, 11) is 0. The van der Waals surface area contributed by atoms with E-state index >= 15 is 0 Å². The van der Waals surface area contributed by atoms with Gasteiger partial charge in [0.25, 0.3) is 0 Å². The van der Waals surface area contributed by atoms with Crippen molar-refractivity contribution in [3.8, 4) is 0 Å². The van der Waals surface area contributed by atoms with Crippen molar-refractivity contribution in [1.82, 2.24) is 5.32 Å². The molecule has 4 heteroatoms. The summed E-state index contributed by atoms with van der Waals surface area (Å²) in [6.07, 6.45) is 5.17. The lowest BCUT2D eigenvalue weighted by Gasteiger charge is -2.32. The van der Waals surface area contributed by atoms with Crippen LogP contribution in [-0.2, 0) is 4.79 Å². The van der Waals surface area contributed by atoms with E-state index in [1.807, 2.05) is 0 Å². The molecule has 0 radical (unpaired) electrons. The molecular weight excluding hydrogens is 182 g/mol. The number of hydrogen-bond donors (Lipinski definition) is 3. The summed E-state index contributed by atoms with van der Waals surface area (Å²) in [6.45, 7) is 0.970. The fraction of sp³-hybridized carbons (Fsp3) is 0.900. The zero-order valence-electron chi connectivity index (χ0n) is 8.46. The van der Waals surface area contributed by atoms with Crippen LogP contribution in [0.3, 0.4) is 0 Å². The lowest BCUT2D eigenvalue weighted by atomic mass is 9.85. The molecule has 0 aromatic heterocycles. The fourth-order valence-electron chi connectivity index (χ4n) is 1.90.